The van der Waals surface area contributed by atoms with Gasteiger partial charge in [0.1, 0.15) is 0 Å². The minimum Gasteiger partial charge on any atom is -0.356 e. The van der Waals surface area contributed by atoms with Gasteiger partial charge >= 0.3 is 0 Å². The molecule has 0 aliphatic heterocycles. The van der Waals surface area contributed by atoms with Crippen molar-refractivity contribution in [1.82, 2.24) is 9.88 Å². The molecule has 0 aliphatic rings. The van der Waals surface area contributed by atoms with Gasteiger partial charge in [-0.15, -0.1) is 0 Å². The summed E-state index contributed by atoms with van der Waals surface area (Å²) in [5.41, 5.74) is 1.16. The van der Waals surface area contributed by atoms with E-state index < -0.39 is 5.78 Å². The molecule has 1 N–H and O–H groups in total. The summed E-state index contributed by atoms with van der Waals surface area (Å²) in [6, 6.07) is 3.97. The summed E-state index contributed by atoms with van der Waals surface area (Å²) in [6.45, 7) is 0.582. The van der Waals surface area contributed by atoms with Crippen LogP contribution in [0.1, 0.15) is 25.0 Å². The number of rotatable bonds is 8. The number of aryl methyl sites for hydroxylation is 1. The van der Waals surface area contributed by atoms with Crippen molar-refractivity contribution in [2.75, 3.05) is 6.54 Å². The lowest BCUT2D eigenvalue weighted by Gasteiger charge is -2.05. The van der Waals surface area contributed by atoms with Gasteiger partial charge in [-0.05, 0) is 18.6 Å². The Morgan fingerprint density at radius 2 is 2.17 bits per heavy atom. The first-order valence-corrected chi connectivity index (χ1v) is 5.98. The Balaban J connectivity index is 2.12. The zero-order chi connectivity index (χ0) is 13.4. The van der Waals surface area contributed by atoms with E-state index in [-0.39, 0.29) is 18.7 Å². The Labute approximate surface area is 106 Å². The van der Waals surface area contributed by atoms with Crippen LogP contribution in [0, 0.1) is 0 Å². The molecule has 5 heteroatoms. The molecule has 1 aromatic rings. The molecule has 0 saturated carbocycles. The predicted octanol–water partition coefficient (Wildman–Crippen LogP) is 0.622. The lowest BCUT2D eigenvalue weighted by atomic mass is 10.2. The van der Waals surface area contributed by atoms with Crippen molar-refractivity contribution in [3.05, 3.63) is 24.0 Å². The molecule has 1 aromatic heterocycles. The van der Waals surface area contributed by atoms with Crippen molar-refractivity contribution < 1.29 is 14.4 Å². The fourth-order valence-electron chi connectivity index (χ4n) is 1.66. The Bertz CT molecular complexity index is 424. The van der Waals surface area contributed by atoms with Crippen molar-refractivity contribution in [2.45, 2.75) is 25.7 Å². The SMILES string of the molecule is Cn1cccc1CCNC(=O)CCCC(=O)C=O. The molecule has 18 heavy (non-hydrogen) atoms. The number of hydrogen-bond acceptors (Lipinski definition) is 3. The minimum atomic E-state index is -0.452. The maximum Gasteiger partial charge on any atom is 0.220 e. The van der Waals surface area contributed by atoms with Gasteiger partial charge in [-0.3, -0.25) is 14.4 Å². The van der Waals surface area contributed by atoms with Gasteiger partial charge in [0.2, 0.25) is 5.91 Å². The number of aromatic nitrogens is 1. The van der Waals surface area contributed by atoms with Crippen LogP contribution in [0.2, 0.25) is 0 Å². The zero-order valence-corrected chi connectivity index (χ0v) is 10.5. The zero-order valence-electron chi connectivity index (χ0n) is 10.5. The second-order valence-electron chi connectivity index (χ2n) is 4.15. The van der Waals surface area contributed by atoms with Crippen LogP contribution in [-0.4, -0.2) is 29.1 Å². The van der Waals surface area contributed by atoms with Crippen molar-refractivity contribution in [3.8, 4) is 0 Å². The van der Waals surface area contributed by atoms with Crippen LogP contribution in [-0.2, 0) is 27.9 Å². The summed E-state index contributed by atoms with van der Waals surface area (Å²) in [5, 5.41) is 2.79. The van der Waals surface area contributed by atoms with Gasteiger partial charge in [0.05, 0.1) is 0 Å². The topological polar surface area (TPSA) is 68.2 Å². The first-order chi connectivity index (χ1) is 8.63. The monoisotopic (exact) mass is 250 g/mol. The maximum atomic E-state index is 11.4. The maximum absolute atomic E-state index is 11.4. The van der Waals surface area contributed by atoms with Gasteiger partial charge in [0, 0.05) is 44.7 Å². The molecule has 98 valence electrons. The molecule has 0 bridgehead atoms. The van der Waals surface area contributed by atoms with Gasteiger partial charge in [0.25, 0.3) is 0 Å². The Hall–Kier alpha value is -1.91. The number of nitrogens with zero attached hydrogens (tertiary/aromatic N) is 1. The standard InChI is InChI=1S/C13H18N2O3/c1-15-9-3-4-11(15)7-8-14-13(18)6-2-5-12(17)10-16/h3-4,9-10H,2,5-8H2,1H3,(H,14,18). The number of amides is 1. The number of Topliss-reactive ketones (excluding diaryl/α,β-unsaturated/α-hetero) is 1. The highest BCUT2D eigenvalue weighted by Gasteiger charge is 2.04. The van der Waals surface area contributed by atoms with E-state index in [1.165, 1.54) is 0 Å². The fraction of sp³-hybridized carbons (Fsp3) is 0.462. The molecule has 0 unspecified atom stereocenters. The molecule has 0 fully saturated rings. The first kappa shape index (κ1) is 14.2. The third-order valence-corrected chi connectivity index (χ3v) is 2.71. The molecule has 5 nitrogen and oxygen atoms in total. The largest absolute Gasteiger partial charge is 0.356 e. The van der Waals surface area contributed by atoms with Gasteiger partial charge in [-0.1, -0.05) is 0 Å². The molecular weight excluding hydrogens is 232 g/mol. The van der Waals surface area contributed by atoms with Crippen LogP contribution in [0.5, 0.6) is 0 Å². The quantitative estimate of drug-likeness (QED) is 0.543. The highest BCUT2D eigenvalue weighted by Crippen LogP contribution is 2.00. The number of carbonyl (C=O) groups excluding carboxylic acids is 3. The van der Waals surface area contributed by atoms with Crippen molar-refractivity contribution in [2.24, 2.45) is 7.05 Å². The predicted molar refractivity (Wildman–Crippen MR) is 67.0 cm³/mol. The van der Waals surface area contributed by atoms with Gasteiger partial charge < -0.3 is 9.88 Å². The highest BCUT2D eigenvalue weighted by atomic mass is 16.2. The molecule has 1 heterocycles. The number of ketones is 1. The van der Waals surface area contributed by atoms with E-state index in [9.17, 15) is 14.4 Å². The Morgan fingerprint density at radius 1 is 1.39 bits per heavy atom. The number of carbonyl (C=O) groups is 3. The van der Waals surface area contributed by atoms with Crippen molar-refractivity contribution in [1.29, 1.82) is 0 Å². The summed E-state index contributed by atoms with van der Waals surface area (Å²) in [6.07, 6.45) is 3.90. The Kier molecular flexibility index (Phi) is 5.84. The van der Waals surface area contributed by atoms with Crippen LogP contribution in [0.3, 0.4) is 0 Å². The van der Waals surface area contributed by atoms with Gasteiger partial charge in [0.15, 0.2) is 12.1 Å². The second kappa shape index (κ2) is 7.42. The summed E-state index contributed by atoms with van der Waals surface area (Å²) < 4.78 is 2.01. The molecule has 1 rings (SSSR count). The van der Waals surface area contributed by atoms with Crippen LogP contribution in [0.15, 0.2) is 18.3 Å². The van der Waals surface area contributed by atoms with Crippen LogP contribution in [0.4, 0.5) is 0 Å². The lowest BCUT2D eigenvalue weighted by molar-refractivity contribution is -0.130. The van der Waals surface area contributed by atoms with E-state index in [1.807, 2.05) is 29.9 Å². The molecule has 0 radical (unpaired) electrons. The van der Waals surface area contributed by atoms with Crippen LogP contribution < -0.4 is 5.32 Å². The molecule has 0 aliphatic carbocycles. The third-order valence-electron chi connectivity index (χ3n) is 2.71. The first-order valence-electron chi connectivity index (χ1n) is 5.98. The number of hydrogen-bond donors (Lipinski definition) is 1. The van der Waals surface area contributed by atoms with E-state index in [4.69, 9.17) is 0 Å². The average molecular weight is 250 g/mol. The summed E-state index contributed by atoms with van der Waals surface area (Å²) in [4.78, 5) is 32.2. The summed E-state index contributed by atoms with van der Waals surface area (Å²) in [7, 11) is 1.96. The van der Waals surface area contributed by atoms with E-state index in [0.29, 0.717) is 19.3 Å². The fourth-order valence-corrected chi connectivity index (χ4v) is 1.66. The lowest BCUT2D eigenvalue weighted by Crippen LogP contribution is -2.26. The molecule has 0 aromatic carbocycles. The molecule has 0 spiro atoms. The summed E-state index contributed by atoms with van der Waals surface area (Å²) in [5.74, 6) is -0.533. The van der Waals surface area contributed by atoms with E-state index in [2.05, 4.69) is 5.32 Å². The number of aldehydes is 1. The molecule has 0 atom stereocenters. The van der Waals surface area contributed by atoms with E-state index >= 15 is 0 Å². The second-order valence-corrected chi connectivity index (χ2v) is 4.15. The van der Waals surface area contributed by atoms with E-state index in [1.54, 1.807) is 0 Å². The van der Waals surface area contributed by atoms with Crippen LogP contribution in [0.25, 0.3) is 0 Å². The highest BCUT2D eigenvalue weighted by molar-refractivity contribution is 6.24. The Morgan fingerprint density at radius 3 is 2.78 bits per heavy atom. The van der Waals surface area contributed by atoms with E-state index in [0.717, 1.165) is 12.1 Å². The molecule has 1 amide bonds. The molecule has 0 saturated heterocycles. The van der Waals surface area contributed by atoms with Gasteiger partial charge in [-0.25, -0.2) is 0 Å². The summed E-state index contributed by atoms with van der Waals surface area (Å²) >= 11 is 0. The minimum absolute atomic E-state index is 0.0806. The normalized spacial score (nSPS) is 10.1. The average Bonchev–Trinajstić information content (AvgIpc) is 2.75. The van der Waals surface area contributed by atoms with Crippen molar-refractivity contribution >= 4 is 18.0 Å². The smallest absolute Gasteiger partial charge is 0.220 e. The third kappa shape index (κ3) is 4.95. The van der Waals surface area contributed by atoms with Crippen molar-refractivity contribution in [3.63, 3.8) is 0 Å². The molecular formula is C13H18N2O3. The number of nitrogens with one attached hydrogen (secondary N) is 1. The van der Waals surface area contributed by atoms with Crippen LogP contribution >= 0.6 is 0 Å². The van der Waals surface area contributed by atoms with Gasteiger partial charge in [-0.2, -0.15) is 0 Å².